The molecule has 0 spiro atoms. The molecule has 0 aliphatic heterocycles. The summed E-state index contributed by atoms with van der Waals surface area (Å²) in [5, 5.41) is 29.2. The number of carbonyl (C=O) groups is 3. The van der Waals surface area contributed by atoms with Crippen molar-refractivity contribution in [2.24, 2.45) is 0 Å². The standard InChI is InChI=1S/C12H13NO7/c1-2-8(10(15)16)20-12(19)13-6-4-3-5-7(14)9(6)11(17)18/h3-5,8,14H,2H2,1H3,(H,13,19)(H,15,16)(H,17,18). The van der Waals surface area contributed by atoms with Crippen molar-refractivity contribution in [1.82, 2.24) is 0 Å². The lowest BCUT2D eigenvalue weighted by atomic mass is 10.1. The molecule has 8 heteroatoms. The van der Waals surface area contributed by atoms with Gasteiger partial charge in [-0.05, 0) is 18.6 Å². The summed E-state index contributed by atoms with van der Waals surface area (Å²) in [6.45, 7) is 1.52. The first-order chi connectivity index (χ1) is 9.36. The van der Waals surface area contributed by atoms with Gasteiger partial charge in [0, 0.05) is 0 Å². The second-order valence-corrected chi connectivity index (χ2v) is 3.77. The normalized spacial score (nSPS) is 11.4. The molecule has 0 saturated carbocycles. The summed E-state index contributed by atoms with van der Waals surface area (Å²) < 4.78 is 4.62. The minimum absolute atomic E-state index is 0.0641. The van der Waals surface area contributed by atoms with E-state index in [4.69, 9.17) is 10.2 Å². The highest BCUT2D eigenvalue weighted by molar-refractivity contribution is 6.01. The highest BCUT2D eigenvalue weighted by Crippen LogP contribution is 2.25. The van der Waals surface area contributed by atoms with E-state index in [1.165, 1.54) is 19.1 Å². The van der Waals surface area contributed by atoms with Gasteiger partial charge in [-0.15, -0.1) is 0 Å². The summed E-state index contributed by atoms with van der Waals surface area (Å²) in [4.78, 5) is 33.2. The van der Waals surface area contributed by atoms with E-state index in [0.717, 1.165) is 6.07 Å². The number of aromatic hydroxyl groups is 1. The van der Waals surface area contributed by atoms with Crippen LogP contribution in [0.4, 0.5) is 10.5 Å². The fraction of sp³-hybridized carbons (Fsp3) is 0.250. The molecule has 0 bridgehead atoms. The van der Waals surface area contributed by atoms with E-state index in [1.807, 2.05) is 0 Å². The van der Waals surface area contributed by atoms with E-state index >= 15 is 0 Å². The van der Waals surface area contributed by atoms with Gasteiger partial charge >= 0.3 is 18.0 Å². The first kappa shape index (κ1) is 15.3. The third kappa shape index (κ3) is 3.61. The molecule has 0 aliphatic rings. The average Bonchev–Trinajstić information content (AvgIpc) is 2.35. The summed E-state index contributed by atoms with van der Waals surface area (Å²) >= 11 is 0. The first-order valence-electron chi connectivity index (χ1n) is 5.62. The summed E-state index contributed by atoms with van der Waals surface area (Å²) in [5.41, 5.74) is -0.699. The van der Waals surface area contributed by atoms with Gasteiger partial charge in [-0.1, -0.05) is 13.0 Å². The number of nitrogens with one attached hydrogen (secondary N) is 1. The van der Waals surface area contributed by atoms with Gasteiger partial charge < -0.3 is 20.1 Å². The number of phenols is 1. The molecule has 1 unspecified atom stereocenters. The molecule has 20 heavy (non-hydrogen) atoms. The Hall–Kier alpha value is -2.77. The maximum Gasteiger partial charge on any atom is 0.412 e. The van der Waals surface area contributed by atoms with E-state index in [1.54, 1.807) is 0 Å². The number of amides is 1. The fourth-order valence-corrected chi connectivity index (χ4v) is 1.45. The van der Waals surface area contributed by atoms with Crippen LogP contribution in [-0.2, 0) is 9.53 Å². The number of aliphatic carboxylic acids is 1. The molecule has 1 aromatic carbocycles. The van der Waals surface area contributed by atoms with Gasteiger partial charge in [-0.2, -0.15) is 0 Å². The van der Waals surface area contributed by atoms with Crippen LogP contribution in [0.15, 0.2) is 18.2 Å². The molecule has 4 N–H and O–H groups in total. The van der Waals surface area contributed by atoms with Crippen LogP contribution in [0.2, 0.25) is 0 Å². The van der Waals surface area contributed by atoms with Gasteiger partial charge in [-0.3, -0.25) is 5.32 Å². The Bertz CT molecular complexity index is 541. The van der Waals surface area contributed by atoms with Crippen LogP contribution in [-0.4, -0.2) is 39.5 Å². The second kappa shape index (κ2) is 6.41. The molecule has 0 saturated heterocycles. The Labute approximate surface area is 113 Å². The lowest BCUT2D eigenvalue weighted by Crippen LogP contribution is -2.29. The quantitative estimate of drug-likeness (QED) is 0.643. The predicted octanol–water partition coefficient (Wildman–Crippen LogP) is 1.50. The number of carbonyl (C=O) groups excluding carboxylic acids is 1. The molecule has 1 atom stereocenters. The molecule has 1 amide bonds. The lowest BCUT2D eigenvalue weighted by Gasteiger charge is -2.13. The molecule has 0 radical (unpaired) electrons. The number of ether oxygens (including phenoxy) is 1. The summed E-state index contributed by atoms with van der Waals surface area (Å²) in [7, 11) is 0. The average molecular weight is 283 g/mol. The Balaban J connectivity index is 2.89. The summed E-state index contributed by atoms with van der Waals surface area (Å²) in [5.74, 6) is -3.28. The van der Waals surface area contributed by atoms with Crippen LogP contribution in [0.25, 0.3) is 0 Å². The predicted molar refractivity (Wildman–Crippen MR) is 66.9 cm³/mol. The van der Waals surface area contributed by atoms with E-state index in [0.29, 0.717) is 0 Å². The third-order valence-electron chi connectivity index (χ3n) is 2.39. The molecule has 1 aromatic rings. The fourth-order valence-electron chi connectivity index (χ4n) is 1.45. The van der Waals surface area contributed by atoms with Gasteiger partial charge in [0.15, 0.2) is 6.10 Å². The number of benzene rings is 1. The van der Waals surface area contributed by atoms with Gasteiger partial charge in [0.1, 0.15) is 11.3 Å². The SMILES string of the molecule is CCC(OC(=O)Nc1cccc(O)c1C(=O)O)C(=O)O. The van der Waals surface area contributed by atoms with E-state index in [2.05, 4.69) is 10.1 Å². The third-order valence-corrected chi connectivity index (χ3v) is 2.39. The van der Waals surface area contributed by atoms with E-state index in [9.17, 15) is 19.5 Å². The lowest BCUT2D eigenvalue weighted by molar-refractivity contribution is -0.146. The Kier molecular flexibility index (Phi) is 4.90. The molecule has 1 rings (SSSR count). The number of hydrogen-bond donors (Lipinski definition) is 4. The number of rotatable bonds is 5. The van der Waals surface area contributed by atoms with Crippen molar-refractivity contribution in [3.63, 3.8) is 0 Å². The first-order valence-corrected chi connectivity index (χ1v) is 5.62. The zero-order valence-electron chi connectivity index (χ0n) is 10.5. The molecule has 8 nitrogen and oxygen atoms in total. The van der Waals surface area contributed by atoms with Crippen molar-refractivity contribution < 1.29 is 34.4 Å². The summed E-state index contributed by atoms with van der Waals surface area (Å²) in [6.07, 6.45) is -2.39. The number of aromatic carboxylic acids is 1. The molecule has 0 fully saturated rings. The van der Waals surface area contributed by atoms with Gasteiger partial charge in [-0.25, -0.2) is 14.4 Å². The Morgan fingerprint density at radius 3 is 2.45 bits per heavy atom. The number of anilines is 1. The zero-order chi connectivity index (χ0) is 15.3. The topological polar surface area (TPSA) is 133 Å². The second-order valence-electron chi connectivity index (χ2n) is 3.77. The van der Waals surface area contributed by atoms with Crippen molar-refractivity contribution in [3.05, 3.63) is 23.8 Å². The van der Waals surface area contributed by atoms with Crippen molar-refractivity contribution in [2.75, 3.05) is 5.32 Å². The summed E-state index contributed by atoms with van der Waals surface area (Å²) in [6, 6.07) is 3.71. The molecular weight excluding hydrogens is 270 g/mol. The van der Waals surface area contributed by atoms with Crippen molar-refractivity contribution in [3.8, 4) is 5.75 Å². The van der Waals surface area contributed by atoms with Crippen molar-refractivity contribution in [1.29, 1.82) is 0 Å². The van der Waals surface area contributed by atoms with Gasteiger partial charge in [0.2, 0.25) is 0 Å². The van der Waals surface area contributed by atoms with E-state index in [-0.39, 0.29) is 12.1 Å². The highest BCUT2D eigenvalue weighted by atomic mass is 16.6. The molecule has 0 heterocycles. The Morgan fingerprint density at radius 2 is 1.95 bits per heavy atom. The largest absolute Gasteiger partial charge is 0.507 e. The minimum atomic E-state index is -1.44. The van der Waals surface area contributed by atoms with Crippen LogP contribution in [0, 0.1) is 0 Å². The maximum atomic E-state index is 11.5. The van der Waals surface area contributed by atoms with Gasteiger partial charge in [0.25, 0.3) is 0 Å². The van der Waals surface area contributed by atoms with Crippen molar-refractivity contribution in [2.45, 2.75) is 19.4 Å². The van der Waals surface area contributed by atoms with Gasteiger partial charge in [0.05, 0.1) is 5.69 Å². The van der Waals surface area contributed by atoms with Crippen LogP contribution in [0.5, 0.6) is 5.75 Å². The maximum absolute atomic E-state index is 11.5. The van der Waals surface area contributed by atoms with E-state index < -0.39 is 35.4 Å². The number of hydrogen-bond acceptors (Lipinski definition) is 5. The number of carboxylic acids is 2. The molecule has 0 aromatic heterocycles. The Morgan fingerprint density at radius 1 is 1.30 bits per heavy atom. The molecular formula is C12H13NO7. The smallest absolute Gasteiger partial charge is 0.412 e. The monoisotopic (exact) mass is 283 g/mol. The van der Waals surface area contributed by atoms with Crippen LogP contribution in [0.1, 0.15) is 23.7 Å². The van der Waals surface area contributed by atoms with Crippen LogP contribution in [0.3, 0.4) is 0 Å². The van der Waals surface area contributed by atoms with Crippen LogP contribution >= 0.6 is 0 Å². The molecule has 108 valence electrons. The van der Waals surface area contributed by atoms with Crippen LogP contribution < -0.4 is 5.32 Å². The highest BCUT2D eigenvalue weighted by Gasteiger charge is 2.22. The zero-order valence-corrected chi connectivity index (χ0v) is 10.5. The van der Waals surface area contributed by atoms with Crippen molar-refractivity contribution >= 4 is 23.7 Å². The number of carboxylic acid groups (broad SMARTS) is 2. The minimum Gasteiger partial charge on any atom is -0.507 e. The molecule has 0 aliphatic carbocycles.